The Labute approximate surface area is 390 Å². The second kappa shape index (κ2) is 17.1. The van der Waals surface area contributed by atoms with Crippen LogP contribution in [0, 0.1) is 31.8 Å². The average Bonchev–Trinajstić information content (AvgIpc) is 3.71. The Kier molecular flexibility index (Phi) is 10.4. The van der Waals surface area contributed by atoms with Crippen molar-refractivity contribution in [2.75, 3.05) is 0 Å². The van der Waals surface area contributed by atoms with Crippen LogP contribution in [0.2, 0.25) is 0 Å². The topological polar surface area (TPSA) is 58.9 Å². The summed E-state index contributed by atoms with van der Waals surface area (Å²) in [5.74, 6) is 0.625. The van der Waals surface area contributed by atoms with E-state index in [0.29, 0.717) is 17.1 Å². The largest absolute Gasteiger partial charge is 0.308 e. The molecule has 2 heterocycles. The van der Waals surface area contributed by atoms with Gasteiger partial charge >= 0.3 is 0 Å². The van der Waals surface area contributed by atoms with Crippen LogP contribution in [-0.4, -0.2) is 14.5 Å². The van der Waals surface area contributed by atoms with Crippen LogP contribution in [-0.2, 0) is 0 Å². The molecule has 0 aliphatic rings. The SMILES string of the molecule is [C-]#[N+]c1ccc(-c2cc(-c3cc(-c4ccccc4)nc(-c4ccccc4)n3)cc(-c3ccc(C#N)cc3)c2-n2c3ccc(-c4cccc(C)c4)cc3c3cc(-c4cccc(C)c4)ccc32)cc1. The molecule has 0 aliphatic carbocycles. The molecule has 11 aromatic rings. The van der Waals surface area contributed by atoms with Crippen molar-refractivity contribution < 1.29 is 0 Å². The van der Waals surface area contributed by atoms with Gasteiger partial charge in [0.25, 0.3) is 0 Å². The highest BCUT2D eigenvalue weighted by Gasteiger charge is 2.24. The minimum atomic E-state index is 0.564. The molecule has 0 radical (unpaired) electrons. The maximum atomic E-state index is 9.96. The summed E-state index contributed by atoms with van der Waals surface area (Å²) in [5, 5.41) is 12.2. The number of hydrogen-bond donors (Lipinski definition) is 0. The molecular formula is C62H41N5. The molecule has 67 heavy (non-hydrogen) atoms. The van der Waals surface area contributed by atoms with Crippen LogP contribution in [0.3, 0.4) is 0 Å². The van der Waals surface area contributed by atoms with E-state index in [-0.39, 0.29) is 0 Å². The Balaban J connectivity index is 1.26. The Hall–Kier alpha value is -9.16. The molecule has 0 unspecified atom stereocenters. The molecule has 11 rings (SSSR count). The van der Waals surface area contributed by atoms with Crippen LogP contribution in [0.4, 0.5) is 5.69 Å². The highest BCUT2D eigenvalue weighted by atomic mass is 15.0. The van der Waals surface area contributed by atoms with Gasteiger partial charge in [0.15, 0.2) is 11.5 Å². The molecule has 0 bridgehead atoms. The zero-order valence-electron chi connectivity index (χ0n) is 36.9. The second-order valence-electron chi connectivity index (χ2n) is 17.0. The fourth-order valence-corrected chi connectivity index (χ4v) is 9.24. The van der Waals surface area contributed by atoms with Crippen molar-refractivity contribution in [1.82, 2.24) is 14.5 Å². The van der Waals surface area contributed by atoms with Gasteiger partial charge in [-0.15, -0.1) is 0 Å². The summed E-state index contributed by atoms with van der Waals surface area (Å²) < 4.78 is 2.41. The van der Waals surface area contributed by atoms with E-state index in [9.17, 15) is 5.26 Å². The molecule has 0 fully saturated rings. The van der Waals surface area contributed by atoms with E-state index < -0.39 is 0 Å². The molecule has 9 aromatic carbocycles. The Morgan fingerprint density at radius 2 is 0.896 bits per heavy atom. The molecule has 0 N–H and O–H groups in total. The van der Waals surface area contributed by atoms with Gasteiger partial charge in [-0.1, -0.05) is 169 Å². The van der Waals surface area contributed by atoms with Crippen molar-refractivity contribution in [3.63, 3.8) is 0 Å². The van der Waals surface area contributed by atoms with Crippen molar-refractivity contribution in [2.45, 2.75) is 13.8 Å². The zero-order chi connectivity index (χ0) is 45.4. The second-order valence-corrected chi connectivity index (χ2v) is 17.0. The van der Waals surface area contributed by atoms with Gasteiger partial charge in [0.1, 0.15) is 0 Å². The fourth-order valence-electron chi connectivity index (χ4n) is 9.24. The molecule has 0 spiro atoms. The lowest BCUT2D eigenvalue weighted by Gasteiger charge is -2.21. The van der Waals surface area contributed by atoms with Gasteiger partial charge in [-0.05, 0) is 102 Å². The summed E-state index contributed by atoms with van der Waals surface area (Å²) in [5.41, 5.74) is 19.4. The summed E-state index contributed by atoms with van der Waals surface area (Å²) in [6, 6.07) is 75.9. The molecule has 0 aliphatic heterocycles. The van der Waals surface area contributed by atoms with Gasteiger partial charge in [0.05, 0.1) is 46.3 Å². The minimum absolute atomic E-state index is 0.564. The van der Waals surface area contributed by atoms with E-state index in [1.807, 2.05) is 97.1 Å². The first-order valence-electron chi connectivity index (χ1n) is 22.3. The Morgan fingerprint density at radius 1 is 0.433 bits per heavy atom. The van der Waals surface area contributed by atoms with E-state index in [1.54, 1.807) is 0 Å². The minimum Gasteiger partial charge on any atom is -0.308 e. The van der Waals surface area contributed by atoms with Crippen molar-refractivity contribution >= 4 is 27.5 Å². The van der Waals surface area contributed by atoms with Crippen LogP contribution in [0.5, 0.6) is 0 Å². The molecule has 2 aromatic heterocycles. The number of rotatable bonds is 8. The van der Waals surface area contributed by atoms with Crippen LogP contribution < -0.4 is 0 Å². The molecule has 5 heteroatoms. The van der Waals surface area contributed by atoms with E-state index in [2.05, 4.69) is 145 Å². The number of nitrogens with zero attached hydrogens (tertiary/aromatic N) is 5. The van der Waals surface area contributed by atoms with Gasteiger partial charge in [-0.2, -0.15) is 5.26 Å². The first-order chi connectivity index (χ1) is 32.9. The van der Waals surface area contributed by atoms with Gasteiger partial charge < -0.3 is 4.57 Å². The van der Waals surface area contributed by atoms with E-state index in [1.165, 1.54) is 11.1 Å². The molecule has 5 nitrogen and oxygen atoms in total. The quantitative estimate of drug-likeness (QED) is 0.143. The number of aromatic nitrogens is 3. The third kappa shape index (κ3) is 7.72. The Bertz CT molecular complexity index is 3520. The van der Waals surface area contributed by atoms with Gasteiger partial charge in [-0.3, -0.25) is 0 Å². The Morgan fingerprint density at radius 3 is 1.40 bits per heavy atom. The number of benzene rings is 9. The smallest absolute Gasteiger partial charge is 0.187 e. The third-order valence-electron chi connectivity index (χ3n) is 12.6. The van der Waals surface area contributed by atoms with Crippen LogP contribution in [0.25, 0.3) is 111 Å². The highest BCUT2D eigenvalue weighted by Crippen LogP contribution is 2.46. The molecule has 0 amide bonds. The predicted octanol–water partition coefficient (Wildman–Crippen LogP) is 16.3. The van der Waals surface area contributed by atoms with Crippen LogP contribution in [0.1, 0.15) is 16.7 Å². The van der Waals surface area contributed by atoms with Crippen LogP contribution in [0.15, 0.2) is 212 Å². The molecule has 0 saturated heterocycles. The van der Waals surface area contributed by atoms with E-state index >= 15 is 0 Å². The molecule has 0 saturated carbocycles. The first-order valence-corrected chi connectivity index (χ1v) is 22.3. The number of hydrogen-bond acceptors (Lipinski definition) is 3. The van der Waals surface area contributed by atoms with Gasteiger partial charge in [-0.25, -0.2) is 14.8 Å². The average molecular weight is 856 g/mol. The monoisotopic (exact) mass is 855 g/mol. The third-order valence-corrected chi connectivity index (χ3v) is 12.6. The van der Waals surface area contributed by atoms with Gasteiger partial charge in [0, 0.05) is 38.6 Å². The lowest BCUT2D eigenvalue weighted by atomic mass is 9.91. The van der Waals surface area contributed by atoms with E-state index in [0.717, 1.165) is 100 Å². The van der Waals surface area contributed by atoms with E-state index in [4.69, 9.17) is 16.5 Å². The normalized spacial score (nSPS) is 11.1. The van der Waals surface area contributed by atoms with Crippen molar-refractivity contribution in [2.24, 2.45) is 0 Å². The number of fused-ring (bicyclic) bond motifs is 3. The highest BCUT2D eigenvalue weighted by molar-refractivity contribution is 6.13. The molecule has 0 atom stereocenters. The summed E-state index contributed by atoms with van der Waals surface area (Å²) >= 11 is 0. The lowest BCUT2D eigenvalue weighted by Crippen LogP contribution is -2.03. The lowest BCUT2D eigenvalue weighted by molar-refractivity contribution is 1.17. The first kappa shape index (κ1) is 40.6. The maximum Gasteiger partial charge on any atom is 0.187 e. The zero-order valence-corrected chi connectivity index (χ0v) is 36.9. The number of aryl methyl sites for hydroxylation is 2. The summed E-state index contributed by atoms with van der Waals surface area (Å²) in [6.45, 7) is 12.1. The molecule has 314 valence electrons. The number of nitriles is 1. The standard InChI is InChI=1S/C62H41N5/c1-40-12-10-18-47(32-40)49-26-30-59-55(34-49)56-35-50(48-19-11-13-41(2)33-48)27-31-60(56)67(59)61-53(43-22-20-42(39-63)21-23-43)36-51(37-54(61)44-24-28-52(64-3)29-25-44)58-38-57(45-14-6-4-7-15-45)65-62(66-58)46-16-8-5-9-17-46/h4-38H,1-2H3. The summed E-state index contributed by atoms with van der Waals surface area (Å²) in [6.07, 6.45) is 0. The molecular weight excluding hydrogens is 815 g/mol. The van der Waals surface area contributed by atoms with Crippen molar-refractivity contribution in [1.29, 1.82) is 5.26 Å². The van der Waals surface area contributed by atoms with Crippen molar-refractivity contribution in [3.8, 4) is 90.2 Å². The summed E-state index contributed by atoms with van der Waals surface area (Å²) in [7, 11) is 0. The summed E-state index contributed by atoms with van der Waals surface area (Å²) in [4.78, 5) is 14.2. The van der Waals surface area contributed by atoms with Gasteiger partial charge in [0.2, 0.25) is 0 Å². The fraction of sp³-hybridized carbons (Fsp3) is 0.0323. The van der Waals surface area contributed by atoms with Crippen molar-refractivity contribution in [3.05, 3.63) is 240 Å². The van der Waals surface area contributed by atoms with Crippen LogP contribution >= 0.6 is 0 Å². The maximum absolute atomic E-state index is 9.96. The predicted molar refractivity (Wildman–Crippen MR) is 275 cm³/mol.